The Morgan fingerprint density at radius 1 is 1.58 bits per heavy atom. The van der Waals surface area contributed by atoms with Crippen molar-refractivity contribution < 1.29 is 12.6 Å². The minimum absolute atomic E-state index is 0.282. The maximum absolute atomic E-state index is 10.7. The van der Waals surface area contributed by atoms with E-state index in [1.807, 2.05) is 6.07 Å². The molecule has 0 bridgehead atoms. The number of hydrogen-bond acceptors (Lipinski definition) is 5. The van der Waals surface area contributed by atoms with E-state index in [1.54, 1.807) is 0 Å². The predicted molar refractivity (Wildman–Crippen MR) is 45.9 cm³/mol. The van der Waals surface area contributed by atoms with Crippen LogP contribution in [-0.4, -0.2) is 26.2 Å². The summed E-state index contributed by atoms with van der Waals surface area (Å²) in [5.74, 6) is 1.29. The molecule has 0 N–H and O–H groups in total. The highest BCUT2D eigenvalue weighted by Gasteiger charge is 2.19. The van der Waals surface area contributed by atoms with Gasteiger partial charge in [-0.05, 0) is 0 Å². The molecule has 66 valence electrons. The van der Waals surface area contributed by atoms with Crippen LogP contribution < -0.4 is 0 Å². The maximum Gasteiger partial charge on any atom is 0.305 e. The quantitative estimate of drug-likeness (QED) is 0.614. The van der Waals surface area contributed by atoms with Crippen molar-refractivity contribution in [1.29, 1.82) is 5.26 Å². The molecule has 0 aromatic heterocycles. The monoisotopic (exact) mass is 205 g/mol. The number of rotatable bonds is 2. The lowest BCUT2D eigenvalue weighted by Gasteiger charge is -2.01. The van der Waals surface area contributed by atoms with Crippen molar-refractivity contribution in [2.24, 2.45) is 0 Å². The molecular formula is C6H7NO3S2. The van der Waals surface area contributed by atoms with Crippen LogP contribution in [0, 0.1) is 11.3 Å². The molecule has 0 atom stereocenters. The normalized spacial score (nSPS) is 17.7. The Morgan fingerprint density at radius 3 is 2.75 bits per heavy atom. The summed E-state index contributed by atoms with van der Waals surface area (Å²) in [7, 11) is -3.47. The summed E-state index contributed by atoms with van der Waals surface area (Å²) in [5.41, 5.74) is 0.422. The molecule has 0 unspecified atom stereocenters. The Morgan fingerprint density at radius 2 is 2.25 bits per heavy atom. The fourth-order valence-electron chi connectivity index (χ4n) is 0.765. The van der Waals surface area contributed by atoms with Crippen LogP contribution >= 0.6 is 11.8 Å². The number of nitrogens with zero attached hydrogens (tertiary/aromatic N) is 1. The Kier molecular flexibility index (Phi) is 2.65. The first-order chi connectivity index (χ1) is 5.53. The van der Waals surface area contributed by atoms with Crippen LogP contribution in [0.15, 0.2) is 11.3 Å². The van der Waals surface area contributed by atoms with Crippen molar-refractivity contribution in [3.8, 4) is 6.07 Å². The van der Waals surface area contributed by atoms with E-state index in [2.05, 4.69) is 4.18 Å². The summed E-state index contributed by atoms with van der Waals surface area (Å²) in [5, 5.41) is 8.54. The van der Waals surface area contributed by atoms with Crippen LogP contribution in [-0.2, 0) is 14.3 Å². The topological polar surface area (TPSA) is 67.2 Å². The SMILES string of the molecule is CS(=O)(=O)OC1=C(C#N)CSC1. The first-order valence-corrected chi connectivity index (χ1v) is 6.09. The Labute approximate surface area is 75.3 Å². The van der Waals surface area contributed by atoms with Gasteiger partial charge in [-0.3, -0.25) is 0 Å². The molecule has 0 spiro atoms. The molecule has 0 saturated carbocycles. The van der Waals surface area contributed by atoms with Crippen LogP contribution in [0.3, 0.4) is 0 Å². The van der Waals surface area contributed by atoms with Gasteiger partial charge in [-0.1, -0.05) is 0 Å². The molecule has 1 aliphatic heterocycles. The summed E-state index contributed by atoms with van der Waals surface area (Å²) in [6.45, 7) is 0. The van der Waals surface area contributed by atoms with E-state index >= 15 is 0 Å². The summed E-state index contributed by atoms with van der Waals surface area (Å²) in [4.78, 5) is 0. The summed E-state index contributed by atoms with van der Waals surface area (Å²) in [6, 6.07) is 1.91. The van der Waals surface area contributed by atoms with Crippen LogP contribution in [0.2, 0.25) is 0 Å². The summed E-state index contributed by atoms with van der Waals surface area (Å²) in [6.07, 6.45) is 0.970. The molecule has 12 heavy (non-hydrogen) atoms. The maximum atomic E-state index is 10.7. The second-order valence-corrected chi connectivity index (χ2v) is 4.85. The lowest BCUT2D eigenvalue weighted by Crippen LogP contribution is -2.03. The van der Waals surface area contributed by atoms with Gasteiger partial charge < -0.3 is 4.18 Å². The van der Waals surface area contributed by atoms with E-state index in [0.29, 0.717) is 17.1 Å². The molecule has 1 aliphatic rings. The molecule has 0 saturated heterocycles. The standard InChI is InChI=1S/C6H7NO3S2/c1-12(8,9)10-6-4-11-3-5(6)2-7/h3-4H2,1H3. The van der Waals surface area contributed by atoms with Crippen LogP contribution in [0.4, 0.5) is 0 Å². The minimum atomic E-state index is -3.47. The Bertz CT molecular complexity index is 349. The van der Waals surface area contributed by atoms with Crippen molar-refractivity contribution in [3.05, 3.63) is 11.3 Å². The van der Waals surface area contributed by atoms with Crippen LogP contribution in [0.1, 0.15) is 0 Å². The summed E-state index contributed by atoms with van der Waals surface area (Å²) < 4.78 is 26.0. The molecule has 0 amide bonds. The Hall–Kier alpha value is -0.670. The van der Waals surface area contributed by atoms with Crippen LogP contribution in [0.25, 0.3) is 0 Å². The van der Waals surface area contributed by atoms with Crippen molar-refractivity contribution in [2.45, 2.75) is 0 Å². The van der Waals surface area contributed by atoms with Crippen molar-refractivity contribution in [3.63, 3.8) is 0 Å². The Balaban J connectivity index is 2.83. The highest BCUT2D eigenvalue weighted by Crippen LogP contribution is 2.25. The average molecular weight is 205 g/mol. The lowest BCUT2D eigenvalue weighted by molar-refractivity contribution is 0.414. The highest BCUT2D eigenvalue weighted by molar-refractivity contribution is 8.00. The molecule has 0 aromatic carbocycles. The van der Waals surface area contributed by atoms with E-state index in [4.69, 9.17) is 5.26 Å². The second kappa shape index (κ2) is 3.37. The van der Waals surface area contributed by atoms with E-state index in [-0.39, 0.29) is 5.76 Å². The van der Waals surface area contributed by atoms with E-state index in [9.17, 15) is 8.42 Å². The zero-order valence-corrected chi connectivity index (χ0v) is 8.04. The predicted octanol–water partition coefficient (Wildman–Crippen LogP) is 0.487. The molecule has 0 radical (unpaired) electrons. The number of hydrogen-bond donors (Lipinski definition) is 0. The lowest BCUT2D eigenvalue weighted by atomic mass is 10.3. The number of nitriles is 1. The molecule has 0 fully saturated rings. The molecular weight excluding hydrogens is 198 g/mol. The largest absolute Gasteiger partial charge is 0.385 e. The molecule has 4 nitrogen and oxygen atoms in total. The van der Waals surface area contributed by atoms with Gasteiger partial charge in [0, 0.05) is 5.75 Å². The third-order valence-electron chi connectivity index (χ3n) is 1.20. The van der Waals surface area contributed by atoms with Gasteiger partial charge in [0.1, 0.15) is 5.76 Å². The van der Waals surface area contributed by atoms with Gasteiger partial charge in [-0.2, -0.15) is 13.7 Å². The van der Waals surface area contributed by atoms with Gasteiger partial charge in [0.25, 0.3) is 0 Å². The second-order valence-electron chi connectivity index (χ2n) is 2.29. The first-order valence-electron chi connectivity index (χ1n) is 3.12. The zero-order valence-electron chi connectivity index (χ0n) is 6.40. The van der Waals surface area contributed by atoms with E-state index in [0.717, 1.165) is 6.26 Å². The van der Waals surface area contributed by atoms with Gasteiger partial charge in [0.2, 0.25) is 0 Å². The van der Waals surface area contributed by atoms with Gasteiger partial charge in [0.05, 0.1) is 23.7 Å². The molecule has 1 rings (SSSR count). The van der Waals surface area contributed by atoms with Crippen molar-refractivity contribution in [1.82, 2.24) is 0 Å². The molecule has 6 heteroatoms. The smallest absolute Gasteiger partial charge is 0.305 e. The van der Waals surface area contributed by atoms with Gasteiger partial charge in [-0.15, -0.1) is 11.8 Å². The van der Waals surface area contributed by atoms with Gasteiger partial charge >= 0.3 is 10.1 Å². The van der Waals surface area contributed by atoms with E-state index in [1.165, 1.54) is 11.8 Å². The fourth-order valence-corrected chi connectivity index (χ4v) is 2.31. The van der Waals surface area contributed by atoms with Crippen LogP contribution in [0.5, 0.6) is 0 Å². The van der Waals surface area contributed by atoms with E-state index < -0.39 is 10.1 Å². The van der Waals surface area contributed by atoms with Crippen molar-refractivity contribution in [2.75, 3.05) is 17.8 Å². The molecule has 1 heterocycles. The van der Waals surface area contributed by atoms with Gasteiger partial charge in [0.15, 0.2) is 0 Å². The summed E-state index contributed by atoms with van der Waals surface area (Å²) >= 11 is 1.47. The minimum Gasteiger partial charge on any atom is -0.385 e. The first kappa shape index (κ1) is 9.42. The third-order valence-corrected chi connectivity index (χ3v) is 2.67. The molecule has 0 aliphatic carbocycles. The highest BCUT2D eigenvalue weighted by atomic mass is 32.2. The number of thioether (sulfide) groups is 1. The zero-order chi connectivity index (χ0) is 9.19. The molecule has 0 aromatic rings. The van der Waals surface area contributed by atoms with Gasteiger partial charge in [-0.25, -0.2) is 0 Å². The average Bonchev–Trinajstić information content (AvgIpc) is 2.31. The fraction of sp³-hybridized carbons (Fsp3) is 0.500. The van der Waals surface area contributed by atoms with Crippen molar-refractivity contribution >= 4 is 21.9 Å². The third kappa shape index (κ3) is 2.43.